The van der Waals surface area contributed by atoms with Crippen molar-refractivity contribution in [2.75, 3.05) is 0 Å². The van der Waals surface area contributed by atoms with Gasteiger partial charge in [-0.05, 0) is 31.4 Å². The molecule has 1 aromatic heterocycles. The van der Waals surface area contributed by atoms with E-state index in [4.69, 9.17) is 0 Å². The van der Waals surface area contributed by atoms with E-state index in [1.807, 2.05) is 6.92 Å². The van der Waals surface area contributed by atoms with Crippen LogP contribution >= 0.6 is 11.3 Å². The van der Waals surface area contributed by atoms with Crippen LogP contribution < -0.4 is 5.32 Å². The Bertz CT molecular complexity index is 652. The van der Waals surface area contributed by atoms with Gasteiger partial charge < -0.3 is 5.32 Å². The lowest BCUT2D eigenvalue weighted by atomic mass is 10.1. The van der Waals surface area contributed by atoms with Gasteiger partial charge in [0.2, 0.25) is 0 Å². The summed E-state index contributed by atoms with van der Waals surface area (Å²) >= 11 is 1.41. The lowest BCUT2D eigenvalue weighted by molar-refractivity contribution is -0.384. The van der Waals surface area contributed by atoms with Crippen LogP contribution in [0.1, 0.15) is 23.4 Å². The number of benzene rings is 1. The molecule has 1 fully saturated rings. The van der Waals surface area contributed by atoms with Gasteiger partial charge in [0, 0.05) is 18.7 Å². The number of nitro benzene ring substituents is 1. The summed E-state index contributed by atoms with van der Waals surface area (Å²) < 4.78 is 0. The Morgan fingerprint density at radius 2 is 2.25 bits per heavy atom. The molecule has 3 rings (SSSR count). The lowest BCUT2D eigenvalue weighted by Crippen LogP contribution is -2.14. The van der Waals surface area contributed by atoms with Crippen LogP contribution in [0.3, 0.4) is 0 Å². The molecule has 0 unspecified atom stereocenters. The van der Waals surface area contributed by atoms with Crippen molar-refractivity contribution in [1.82, 2.24) is 15.5 Å². The fourth-order valence-electron chi connectivity index (χ4n) is 1.93. The molecule has 1 saturated carbocycles. The van der Waals surface area contributed by atoms with Gasteiger partial charge in [0.1, 0.15) is 5.01 Å². The predicted octanol–water partition coefficient (Wildman–Crippen LogP) is 2.67. The van der Waals surface area contributed by atoms with Gasteiger partial charge in [0.05, 0.1) is 10.5 Å². The van der Waals surface area contributed by atoms with Crippen LogP contribution in [0.4, 0.5) is 5.69 Å². The largest absolute Gasteiger partial charge is 0.308 e. The summed E-state index contributed by atoms with van der Waals surface area (Å²) in [5.41, 5.74) is 1.59. The molecule has 0 spiro atoms. The molecule has 0 radical (unpaired) electrons. The molecule has 1 N–H and O–H groups in total. The minimum absolute atomic E-state index is 0.0773. The van der Waals surface area contributed by atoms with Crippen molar-refractivity contribution >= 4 is 17.0 Å². The summed E-state index contributed by atoms with van der Waals surface area (Å²) in [5, 5.41) is 24.1. The smallest absolute Gasteiger partial charge is 0.279 e. The minimum Gasteiger partial charge on any atom is -0.308 e. The molecule has 6 nitrogen and oxygen atoms in total. The molecule has 1 aromatic carbocycles. The molecule has 1 heterocycles. The topological polar surface area (TPSA) is 81.0 Å². The molecule has 0 atom stereocenters. The van der Waals surface area contributed by atoms with E-state index >= 15 is 0 Å². The Morgan fingerprint density at radius 1 is 1.45 bits per heavy atom. The van der Waals surface area contributed by atoms with Gasteiger partial charge in [0.15, 0.2) is 5.01 Å². The van der Waals surface area contributed by atoms with E-state index in [-0.39, 0.29) is 10.6 Å². The molecule has 1 aliphatic carbocycles. The van der Waals surface area contributed by atoms with Gasteiger partial charge in [0.25, 0.3) is 5.69 Å². The zero-order valence-electron chi connectivity index (χ0n) is 11.0. The normalized spacial score (nSPS) is 14.4. The number of rotatable bonds is 5. The fraction of sp³-hybridized carbons (Fsp3) is 0.385. The van der Waals surface area contributed by atoms with E-state index in [1.165, 1.54) is 30.2 Å². The molecular formula is C13H14N4O2S. The van der Waals surface area contributed by atoms with Gasteiger partial charge in [-0.3, -0.25) is 10.1 Å². The first-order chi connectivity index (χ1) is 9.63. The van der Waals surface area contributed by atoms with E-state index in [0.29, 0.717) is 23.2 Å². The molecule has 0 bridgehead atoms. The number of aromatic nitrogens is 2. The highest BCUT2D eigenvalue weighted by Gasteiger charge is 2.22. The lowest BCUT2D eigenvalue weighted by Gasteiger charge is -2.00. The average Bonchev–Trinajstić information content (AvgIpc) is 3.13. The van der Waals surface area contributed by atoms with Crippen LogP contribution in [0, 0.1) is 17.0 Å². The van der Waals surface area contributed by atoms with Crippen molar-refractivity contribution in [1.29, 1.82) is 0 Å². The van der Waals surface area contributed by atoms with E-state index in [2.05, 4.69) is 15.5 Å². The van der Waals surface area contributed by atoms with Crippen LogP contribution in [-0.4, -0.2) is 21.2 Å². The quantitative estimate of drug-likeness (QED) is 0.676. The van der Waals surface area contributed by atoms with Crippen molar-refractivity contribution in [2.24, 2.45) is 0 Å². The molecule has 0 saturated heterocycles. The van der Waals surface area contributed by atoms with Crippen LogP contribution in [0.25, 0.3) is 10.6 Å². The first-order valence-corrected chi connectivity index (χ1v) is 7.26. The number of nitrogens with one attached hydrogen (secondary N) is 1. The Kier molecular flexibility index (Phi) is 3.45. The fourth-order valence-corrected chi connectivity index (χ4v) is 2.75. The summed E-state index contributed by atoms with van der Waals surface area (Å²) in [5.74, 6) is 0. The van der Waals surface area contributed by atoms with Crippen molar-refractivity contribution in [3.05, 3.63) is 38.9 Å². The van der Waals surface area contributed by atoms with E-state index in [0.717, 1.165) is 10.6 Å². The summed E-state index contributed by atoms with van der Waals surface area (Å²) in [6, 6.07) is 5.65. The number of hydrogen-bond donors (Lipinski definition) is 1. The third-order valence-electron chi connectivity index (χ3n) is 3.17. The predicted molar refractivity (Wildman–Crippen MR) is 76.6 cm³/mol. The maximum atomic E-state index is 11.1. The van der Waals surface area contributed by atoms with Gasteiger partial charge in [-0.25, -0.2) is 0 Å². The molecule has 7 heteroatoms. The molecule has 104 valence electrons. The van der Waals surface area contributed by atoms with Gasteiger partial charge in [-0.2, -0.15) is 0 Å². The van der Waals surface area contributed by atoms with Crippen LogP contribution in [-0.2, 0) is 6.54 Å². The second kappa shape index (κ2) is 5.26. The van der Waals surface area contributed by atoms with Gasteiger partial charge >= 0.3 is 0 Å². The first-order valence-electron chi connectivity index (χ1n) is 6.44. The Hall–Kier alpha value is -1.86. The summed E-state index contributed by atoms with van der Waals surface area (Å²) in [4.78, 5) is 10.7. The average molecular weight is 290 g/mol. The number of hydrogen-bond acceptors (Lipinski definition) is 6. The van der Waals surface area contributed by atoms with Crippen LogP contribution in [0.5, 0.6) is 0 Å². The third kappa shape index (κ3) is 2.83. The highest BCUT2D eigenvalue weighted by molar-refractivity contribution is 7.14. The summed E-state index contributed by atoms with van der Waals surface area (Å²) in [7, 11) is 0. The van der Waals surface area contributed by atoms with E-state index in [1.54, 1.807) is 12.1 Å². The number of nitrogens with zero attached hydrogens (tertiary/aromatic N) is 3. The summed E-state index contributed by atoms with van der Waals surface area (Å²) in [6.45, 7) is 2.59. The number of nitro groups is 1. The second-order valence-corrected chi connectivity index (χ2v) is 6.00. The maximum Gasteiger partial charge on any atom is 0.279 e. The van der Waals surface area contributed by atoms with E-state index in [9.17, 15) is 10.1 Å². The SMILES string of the molecule is Cc1ccc([N+](=O)[O-])c(-c2nnc(CNC3CC3)s2)c1. The first kappa shape index (κ1) is 13.1. The standard InChI is InChI=1S/C13H14N4O2S/c1-8-2-5-11(17(18)19)10(6-8)13-16-15-12(20-13)7-14-9-3-4-9/h2,5-6,9,14H,3-4,7H2,1H3. The second-order valence-electron chi connectivity index (χ2n) is 4.93. The van der Waals surface area contributed by atoms with Crippen molar-refractivity contribution in [3.8, 4) is 10.6 Å². The molecular weight excluding hydrogens is 276 g/mol. The zero-order chi connectivity index (χ0) is 14.1. The molecule has 0 amide bonds. The molecule has 2 aromatic rings. The minimum atomic E-state index is -0.377. The Morgan fingerprint density at radius 3 is 2.95 bits per heavy atom. The monoisotopic (exact) mass is 290 g/mol. The number of aryl methyl sites for hydroxylation is 1. The Balaban J connectivity index is 1.87. The van der Waals surface area contributed by atoms with Crippen LogP contribution in [0.15, 0.2) is 18.2 Å². The third-order valence-corrected chi connectivity index (χ3v) is 4.12. The highest BCUT2D eigenvalue weighted by atomic mass is 32.1. The van der Waals surface area contributed by atoms with Gasteiger partial charge in [-0.1, -0.05) is 17.4 Å². The molecule has 0 aliphatic heterocycles. The van der Waals surface area contributed by atoms with E-state index < -0.39 is 0 Å². The highest BCUT2D eigenvalue weighted by Crippen LogP contribution is 2.32. The zero-order valence-corrected chi connectivity index (χ0v) is 11.8. The van der Waals surface area contributed by atoms with Crippen LogP contribution in [0.2, 0.25) is 0 Å². The van der Waals surface area contributed by atoms with Crippen molar-refractivity contribution < 1.29 is 4.92 Å². The summed E-state index contributed by atoms with van der Waals surface area (Å²) in [6.07, 6.45) is 2.43. The maximum absolute atomic E-state index is 11.1. The molecule has 1 aliphatic rings. The molecule has 20 heavy (non-hydrogen) atoms. The van der Waals surface area contributed by atoms with Crippen molar-refractivity contribution in [3.63, 3.8) is 0 Å². The van der Waals surface area contributed by atoms with Crippen molar-refractivity contribution in [2.45, 2.75) is 32.4 Å². The Labute approximate surface area is 120 Å². The van der Waals surface area contributed by atoms with Gasteiger partial charge in [-0.15, -0.1) is 10.2 Å².